The molecular formula is C67H47NO. The Labute approximate surface area is 403 Å². The Morgan fingerprint density at radius 2 is 0.783 bits per heavy atom. The average molecular weight is 882 g/mol. The highest BCUT2D eigenvalue weighted by Gasteiger charge is 2.37. The van der Waals surface area contributed by atoms with Gasteiger partial charge in [-0.2, -0.15) is 0 Å². The molecule has 0 spiro atoms. The molecule has 0 bridgehead atoms. The molecule has 0 N–H and O–H groups in total. The first-order chi connectivity index (χ1) is 33.9. The van der Waals surface area contributed by atoms with E-state index in [-0.39, 0.29) is 5.41 Å². The second-order valence-corrected chi connectivity index (χ2v) is 18.9. The van der Waals surface area contributed by atoms with E-state index in [1.54, 1.807) is 0 Å². The average Bonchev–Trinajstić information content (AvgIpc) is 3.91. The highest BCUT2D eigenvalue weighted by Crippen LogP contribution is 2.52. The fraction of sp³-hybridized carbons (Fsp3) is 0.0448. The van der Waals surface area contributed by atoms with Crippen LogP contribution in [-0.4, -0.2) is 0 Å². The summed E-state index contributed by atoms with van der Waals surface area (Å²) in [6, 6.07) is 90.5. The summed E-state index contributed by atoms with van der Waals surface area (Å²) in [6.45, 7) is 4.72. The zero-order valence-electron chi connectivity index (χ0n) is 38.5. The van der Waals surface area contributed by atoms with Gasteiger partial charge < -0.3 is 9.32 Å². The van der Waals surface area contributed by atoms with Crippen LogP contribution in [0, 0.1) is 0 Å². The van der Waals surface area contributed by atoms with Crippen molar-refractivity contribution in [3.05, 3.63) is 260 Å². The largest absolute Gasteiger partial charge is 0.455 e. The maximum Gasteiger partial charge on any atom is 0.143 e. The molecule has 1 aliphatic rings. The highest BCUT2D eigenvalue weighted by atomic mass is 16.3. The van der Waals surface area contributed by atoms with E-state index < -0.39 is 0 Å². The van der Waals surface area contributed by atoms with Crippen LogP contribution < -0.4 is 4.90 Å². The molecule has 0 saturated carbocycles. The molecule has 0 atom stereocenters. The summed E-state index contributed by atoms with van der Waals surface area (Å²) in [5.41, 5.74) is 22.3. The number of para-hydroxylation sites is 2. The number of hydrogen-bond acceptors (Lipinski definition) is 2. The minimum atomic E-state index is -0.104. The lowest BCUT2D eigenvalue weighted by Crippen LogP contribution is -2.16. The van der Waals surface area contributed by atoms with Crippen LogP contribution >= 0.6 is 0 Å². The smallest absolute Gasteiger partial charge is 0.143 e. The maximum atomic E-state index is 6.46. The van der Waals surface area contributed by atoms with Gasteiger partial charge in [0.15, 0.2) is 0 Å². The number of hydrogen-bond donors (Lipinski definition) is 0. The van der Waals surface area contributed by atoms with Gasteiger partial charge in [-0.1, -0.05) is 208 Å². The number of benzene rings is 11. The van der Waals surface area contributed by atoms with Gasteiger partial charge in [0.25, 0.3) is 0 Å². The zero-order chi connectivity index (χ0) is 46.1. The van der Waals surface area contributed by atoms with Gasteiger partial charge in [-0.15, -0.1) is 0 Å². The van der Waals surface area contributed by atoms with Crippen LogP contribution in [0.25, 0.3) is 99.5 Å². The molecule has 13 rings (SSSR count). The Morgan fingerprint density at radius 3 is 1.51 bits per heavy atom. The number of rotatable bonds is 8. The van der Waals surface area contributed by atoms with Crippen molar-refractivity contribution in [3.8, 4) is 66.8 Å². The molecule has 0 fully saturated rings. The summed E-state index contributed by atoms with van der Waals surface area (Å²) in [5.74, 6) is 0. The second kappa shape index (κ2) is 16.3. The molecule has 0 radical (unpaired) electrons. The quantitative estimate of drug-likeness (QED) is 0.151. The number of fused-ring (bicyclic) bond motifs is 7. The van der Waals surface area contributed by atoms with Gasteiger partial charge in [0, 0.05) is 38.8 Å². The topological polar surface area (TPSA) is 16.4 Å². The van der Waals surface area contributed by atoms with Crippen LogP contribution in [0.4, 0.5) is 17.1 Å². The van der Waals surface area contributed by atoms with Crippen molar-refractivity contribution >= 4 is 49.8 Å². The molecule has 0 saturated heterocycles. The lowest BCUT2D eigenvalue weighted by atomic mass is 9.79. The van der Waals surface area contributed by atoms with E-state index in [0.29, 0.717) is 0 Å². The first kappa shape index (κ1) is 40.5. The van der Waals surface area contributed by atoms with Gasteiger partial charge >= 0.3 is 0 Å². The highest BCUT2D eigenvalue weighted by molar-refractivity contribution is 6.09. The van der Waals surface area contributed by atoms with Crippen LogP contribution in [0.1, 0.15) is 25.0 Å². The molecule has 1 aliphatic carbocycles. The Balaban J connectivity index is 0.837. The lowest BCUT2D eigenvalue weighted by molar-refractivity contribution is 0.662. The molecule has 0 unspecified atom stereocenters. The third kappa shape index (κ3) is 6.95. The summed E-state index contributed by atoms with van der Waals surface area (Å²) in [7, 11) is 0. The van der Waals surface area contributed by atoms with Gasteiger partial charge in [0.2, 0.25) is 0 Å². The van der Waals surface area contributed by atoms with E-state index in [9.17, 15) is 0 Å². The van der Waals surface area contributed by atoms with E-state index in [2.05, 4.69) is 255 Å². The summed E-state index contributed by atoms with van der Waals surface area (Å²) in [6.07, 6.45) is 0. The van der Waals surface area contributed by atoms with Crippen LogP contribution in [0.2, 0.25) is 0 Å². The first-order valence-corrected chi connectivity index (χ1v) is 23.9. The Bertz CT molecular complexity index is 3890. The van der Waals surface area contributed by atoms with Gasteiger partial charge in [-0.05, 0) is 138 Å². The molecule has 0 amide bonds. The predicted octanol–water partition coefficient (Wildman–Crippen LogP) is 18.9. The van der Waals surface area contributed by atoms with Gasteiger partial charge in [-0.25, -0.2) is 0 Å². The van der Waals surface area contributed by atoms with Gasteiger partial charge in [-0.3, -0.25) is 0 Å². The molecule has 1 heterocycles. The second-order valence-electron chi connectivity index (χ2n) is 18.9. The fourth-order valence-electron chi connectivity index (χ4n) is 11.0. The van der Waals surface area contributed by atoms with Crippen molar-refractivity contribution in [2.45, 2.75) is 19.3 Å². The van der Waals surface area contributed by atoms with Crippen molar-refractivity contribution in [1.29, 1.82) is 0 Å². The van der Waals surface area contributed by atoms with Crippen LogP contribution in [0.15, 0.2) is 253 Å². The minimum absolute atomic E-state index is 0.104. The molecule has 2 nitrogen and oxygen atoms in total. The maximum absolute atomic E-state index is 6.46. The van der Waals surface area contributed by atoms with Crippen LogP contribution in [0.5, 0.6) is 0 Å². The SMILES string of the molecule is CC1(C)c2ccccc2-c2cccc(-c3ccc(N(c4ccc(-c5ccc(-c6cccc(-c7ccc8ccccc8c7)c6)cc5)cc4)c4ccc(-c5cccc6c5oc5ccccc56)cc4)cc3)c21. The molecule has 326 valence electrons. The number of nitrogens with zero attached hydrogens (tertiary/aromatic N) is 1. The van der Waals surface area contributed by atoms with Gasteiger partial charge in [0.05, 0.1) is 0 Å². The third-order valence-electron chi connectivity index (χ3n) is 14.5. The Kier molecular flexibility index (Phi) is 9.55. The Hall–Kier alpha value is -8.72. The van der Waals surface area contributed by atoms with E-state index in [1.165, 1.54) is 77.5 Å². The molecule has 0 aliphatic heterocycles. The van der Waals surface area contributed by atoms with Crippen LogP contribution in [-0.2, 0) is 5.41 Å². The van der Waals surface area contributed by atoms with Gasteiger partial charge in [0.1, 0.15) is 11.2 Å². The molecule has 1 aromatic heterocycles. The van der Waals surface area contributed by atoms with E-state index in [4.69, 9.17) is 4.42 Å². The summed E-state index contributed by atoms with van der Waals surface area (Å²) in [4.78, 5) is 2.36. The first-order valence-electron chi connectivity index (χ1n) is 23.9. The molecule has 2 heteroatoms. The number of furan rings is 1. The van der Waals surface area contributed by atoms with Crippen molar-refractivity contribution in [2.75, 3.05) is 4.90 Å². The van der Waals surface area contributed by atoms with E-state index >= 15 is 0 Å². The van der Waals surface area contributed by atoms with Crippen molar-refractivity contribution in [2.24, 2.45) is 0 Å². The van der Waals surface area contributed by atoms with Crippen molar-refractivity contribution in [3.63, 3.8) is 0 Å². The standard InChI is InChI=1S/C67H47NO/c1-67(2)63-22-7-5-16-59(63)61-20-10-18-57(65(61)67)48-32-38-55(39-33-48)68(56-40-34-49(35-41-56)58-19-11-21-62-60-17-6-8-23-64(60)69-66(58)62)54-36-30-46(31-37-54)45-24-26-47(27-25-45)51-14-9-15-52(42-51)53-29-28-44-12-3-4-13-50(44)43-53/h3-43H,1-2H3. The lowest BCUT2D eigenvalue weighted by Gasteiger charge is -2.27. The molecule has 69 heavy (non-hydrogen) atoms. The Morgan fingerprint density at radius 1 is 0.319 bits per heavy atom. The molecular weight excluding hydrogens is 835 g/mol. The monoisotopic (exact) mass is 881 g/mol. The minimum Gasteiger partial charge on any atom is -0.455 e. The summed E-state index contributed by atoms with van der Waals surface area (Å²) < 4.78 is 6.46. The summed E-state index contributed by atoms with van der Waals surface area (Å²) in [5, 5.41) is 4.78. The molecule has 11 aromatic carbocycles. The molecule has 12 aromatic rings. The van der Waals surface area contributed by atoms with E-state index in [1.807, 2.05) is 12.1 Å². The van der Waals surface area contributed by atoms with Crippen molar-refractivity contribution in [1.82, 2.24) is 0 Å². The van der Waals surface area contributed by atoms with E-state index in [0.717, 1.165) is 50.1 Å². The fourth-order valence-corrected chi connectivity index (χ4v) is 11.0. The summed E-state index contributed by atoms with van der Waals surface area (Å²) >= 11 is 0. The van der Waals surface area contributed by atoms with Crippen molar-refractivity contribution < 1.29 is 4.42 Å². The third-order valence-corrected chi connectivity index (χ3v) is 14.5. The number of anilines is 3. The normalized spacial score (nSPS) is 12.6. The zero-order valence-corrected chi connectivity index (χ0v) is 38.5. The predicted molar refractivity (Wildman–Crippen MR) is 291 cm³/mol. The van der Waals surface area contributed by atoms with Crippen LogP contribution in [0.3, 0.4) is 0 Å².